The van der Waals surface area contributed by atoms with Gasteiger partial charge in [-0.05, 0) is 19.1 Å². The summed E-state index contributed by atoms with van der Waals surface area (Å²) in [6, 6.07) is 3.39. The average molecular weight is 281 g/mol. The number of amides is 2. The lowest BCUT2D eigenvalue weighted by Gasteiger charge is -2.07. The highest BCUT2D eigenvalue weighted by Crippen LogP contribution is 2.24. The third-order valence-corrected chi connectivity index (χ3v) is 2.89. The molecule has 19 heavy (non-hydrogen) atoms. The van der Waals surface area contributed by atoms with Crippen LogP contribution >= 0.6 is 11.6 Å². The number of nitrogens with one attached hydrogen (secondary N) is 3. The van der Waals surface area contributed by atoms with Gasteiger partial charge in [-0.15, -0.1) is 0 Å². The van der Waals surface area contributed by atoms with Crippen molar-refractivity contribution in [1.29, 1.82) is 0 Å². The molecule has 0 unspecified atom stereocenters. The molecule has 0 spiro atoms. The molecule has 1 aromatic heterocycles. The van der Waals surface area contributed by atoms with Gasteiger partial charge in [0.2, 0.25) is 5.91 Å². The number of fused-ring (bicyclic) bond motifs is 1. The van der Waals surface area contributed by atoms with Gasteiger partial charge < -0.3 is 10.6 Å². The Bertz CT molecular complexity index is 623. The lowest BCUT2D eigenvalue weighted by molar-refractivity contribution is -0.120. The van der Waals surface area contributed by atoms with Crippen LogP contribution in [0.4, 0.5) is 0 Å². The molecule has 2 aromatic rings. The molecule has 2 amide bonds. The number of H-pyrrole nitrogens is 1. The second-order valence-electron chi connectivity index (χ2n) is 3.89. The number of carbonyl (C=O) groups excluding carboxylic acids is 2. The van der Waals surface area contributed by atoms with Crippen molar-refractivity contribution in [1.82, 2.24) is 20.8 Å². The van der Waals surface area contributed by atoms with E-state index in [0.717, 1.165) is 5.39 Å². The summed E-state index contributed by atoms with van der Waals surface area (Å²) in [4.78, 5) is 23.4. The van der Waals surface area contributed by atoms with E-state index in [2.05, 4.69) is 20.8 Å². The zero-order valence-electron chi connectivity index (χ0n) is 10.3. The highest BCUT2D eigenvalue weighted by molar-refractivity contribution is 6.35. The molecule has 0 saturated carbocycles. The molecule has 3 N–H and O–H groups in total. The van der Waals surface area contributed by atoms with E-state index in [1.807, 2.05) is 6.92 Å². The molecule has 0 radical (unpaired) electrons. The Morgan fingerprint density at radius 3 is 2.89 bits per heavy atom. The number of carbonyl (C=O) groups is 2. The van der Waals surface area contributed by atoms with Gasteiger partial charge in [0.05, 0.1) is 28.8 Å². The van der Waals surface area contributed by atoms with Crippen molar-refractivity contribution < 1.29 is 9.59 Å². The van der Waals surface area contributed by atoms with Crippen molar-refractivity contribution in [2.75, 3.05) is 13.1 Å². The Hall–Kier alpha value is -2.08. The third-order valence-electron chi connectivity index (χ3n) is 2.58. The lowest BCUT2D eigenvalue weighted by atomic mass is 10.1. The first-order valence-corrected chi connectivity index (χ1v) is 6.17. The monoisotopic (exact) mass is 280 g/mol. The third kappa shape index (κ3) is 2.85. The minimum absolute atomic E-state index is 0.0898. The molecule has 0 bridgehead atoms. The maximum atomic E-state index is 12.1. The molecule has 0 atom stereocenters. The summed E-state index contributed by atoms with van der Waals surface area (Å²) in [5, 5.41) is 12.8. The number of rotatable bonds is 4. The average Bonchev–Trinajstić information content (AvgIpc) is 2.84. The summed E-state index contributed by atoms with van der Waals surface area (Å²) in [5.74, 6) is -0.658. The summed E-state index contributed by atoms with van der Waals surface area (Å²) >= 11 is 6.02. The van der Waals surface area contributed by atoms with Gasteiger partial charge in [-0.1, -0.05) is 11.6 Å². The Labute approximate surface area is 114 Å². The van der Waals surface area contributed by atoms with Crippen molar-refractivity contribution in [3.05, 3.63) is 28.9 Å². The molecule has 100 valence electrons. The van der Waals surface area contributed by atoms with Crippen LogP contribution in [-0.4, -0.2) is 35.1 Å². The van der Waals surface area contributed by atoms with Gasteiger partial charge in [-0.25, -0.2) is 0 Å². The first-order chi connectivity index (χ1) is 9.13. The number of nitrogens with zero attached hydrogens (tertiary/aromatic N) is 1. The van der Waals surface area contributed by atoms with Crippen LogP contribution in [-0.2, 0) is 4.79 Å². The molecule has 0 aliphatic heterocycles. The van der Waals surface area contributed by atoms with Crippen LogP contribution in [0.2, 0.25) is 5.02 Å². The normalized spacial score (nSPS) is 10.4. The standard InChI is InChI=1S/C12H13ClN4O2/c1-2-14-9(18)6-15-12(19)10-8(13)4-3-7-5-16-17-11(7)10/h3-5H,2,6H2,1H3,(H,14,18)(H,15,19)(H,16,17). The maximum Gasteiger partial charge on any atom is 0.255 e. The summed E-state index contributed by atoms with van der Waals surface area (Å²) < 4.78 is 0. The van der Waals surface area contributed by atoms with Gasteiger partial charge in [0, 0.05) is 11.9 Å². The van der Waals surface area contributed by atoms with Crippen LogP contribution in [0.25, 0.3) is 10.9 Å². The highest BCUT2D eigenvalue weighted by Gasteiger charge is 2.16. The summed E-state index contributed by atoms with van der Waals surface area (Å²) in [6.07, 6.45) is 1.60. The van der Waals surface area contributed by atoms with Crippen LogP contribution in [0.5, 0.6) is 0 Å². The van der Waals surface area contributed by atoms with Crippen LogP contribution < -0.4 is 10.6 Å². The molecule has 6 nitrogen and oxygen atoms in total. The molecule has 0 aliphatic rings. The van der Waals surface area contributed by atoms with Crippen LogP contribution in [0.15, 0.2) is 18.3 Å². The second-order valence-corrected chi connectivity index (χ2v) is 4.30. The SMILES string of the molecule is CCNC(=O)CNC(=O)c1c(Cl)ccc2cn[nH]c12. The quantitative estimate of drug-likeness (QED) is 0.783. The first-order valence-electron chi connectivity index (χ1n) is 5.80. The topological polar surface area (TPSA) is 86.9 Å². The molecule has 0 aliphatic carbocycles. The Morgan fingerprint density at radius 2 is 2.16 bits per heavy atom. The van der Waals surface area contributed by atoms with Crippen LogP contribution in [0.1, 0.15) is 17.3 Å². The molecule has 1 heterocycles. The molecular formula is C12H13ClN4O2. The molecule has 0 fully saturated rings. The van der Waals surface area contributed by atoms with Crippen LogP contribution in [0.3, 0.4) is 0 Å². The van der Waals surface area contributed by atoms with E-state index in [9.17, 15) is 9.59 Å². The largest absolute Gasteiger partial charge is 0.355 e. The van der Waals surface area contributed by atoms with Gasteiger partial charge in [0.25, 0.3) is 5.91 Å². The molecular weight excluding hydrogens is 268 g/mol. The summed E-state index contributed by atoms with van der Waals surface area (Å²) in [5.41, 5.74) is 0.849. The number of aromatic amines is 1. The number of hydrogen-bond donors (Lipinski definition) is 3. The first kappa shape index (κ1) is 13.4. The fraction of sp³-hybridized carbons (Fsp3) is 0.250. The van der Waals surface area contributed by atoms with E-state index in [4.69, 9.17) is 11.6 Å². The fourth-order valence-electron chi connectivity index (χ4n) is 1.72. The lowest BCUT2D eigenvalue weighted by Crippen LogP contribution is -2.36. The summed E-state index contributed by atoms with van der Waals surface area (Å²) in [6.45, 7) is 2.24. The van der Waals surface area contributed by atoms with E-state index < -0.39 is 5.91 Å². The number of likely N-dealkylation sites (N-methyl/N-ethyl adjacent to an activating group) is 1. The van der Waals surface area contributed by atoms with Gasteiger partial charge >= 0.3 is 0 Å². The predicted molar refractivity (Wildman–Crippen MR) is 72.1 cm³/mol. The summed E-state index contributed by atoms with van der Waals surface area (Å²) in [7, 11) is 0. The molecule has 2 rings (SSSR count). The van der Waals surface area contributed by atoms with E-state index in [0.29, 0.717) is 22.6 Å². The number of benzene rings is 1. The minimum Gasteiger partial charge on any atom is -0.355 e. The van der Waals surface area contributed by atoms with E-state index in [-0.39, 0.29) is 12.5 Å². The van der Waals surface area contributed by atoms with Crippen molar-refractivity contribution in [3.63, 3.8) is 0 Å². The van der Waals surface area contributed by atoms with Crippen molar-refractivity contribution in [3.8, 4) is 0 Å². The number of hydrogen-bond acceptors (Lipinski definition) is 3. The molecule has 0 saturated heterocycles. The zero-order chi connectivity index (χ0) is 13.8. The maximum absolute atomic E-state index is 12.1. The van der Waals surface area contributed by atoms with E-state index in [1.165, 1.54) is 0 Å². The highest BCUT2D eigenvalue weighted by atomic mass is 35.5. The van der Waals surface area contributed by atoms with Crippen molar-refractivity contribution in [2.45, 2.75) is 6.92 Å². The predicted octanol–water partition coefficient (Wildman–Crippen LogP) is 1.08. The number of aromatic nitrogens is 2. The Kier molecular flexibility index (Phi) is 4.01. The van der Waals surface area contributed by atoms with Gasteiger partial charge in [0.1, 0.15) is 0 Å². The minimum atomic E-state index is -0.411. The fourth-order valence-corrected chi connectivity index (χ4v) is 1.96. The Morgan fingerprint density at radius 1 is 1.37 bits per heavy atom. The molecule has 7 heteroatoms. The second kappa shape index (κ2) is 5.71. The van der Waals surface area contributed by atoms with Gasteiger partial charge in [-0.2, -0.15) is 5.10 Å². The van der Waals surface area contributed by atoms with Gasteiger partial charge in [0.15, 0.2) is 0 Å². The molecule has 1 aromatic carbocycles. The van der Waals surface area contributed by atoms with E-state index in [1.54, 1.807) is 18.3 Å². The van der Waals surface area contributed by atoms with Crippen molar-refractivity contribution >= 4 is 34.3 Å². The zero-order valence-corrected chi connectivity index (χ0v) is 11.0. The van der Waals surface area contributed by atoms with Crippen LogP contribution in [0, 0.1) is 0 Å². The Balaban J connectivity index is 2.19. The van der Waals surface area contributed by atoms with Crippen molar-refractivity contribution in [2.24, 2.45) is 0 Å². The smallest absolute Gasteiger partial charge is 0.255 e. The van der Waals surface area contributed by atoms with E-state index >= 15 is 0 Å². The number of halogens is 1. The van der Waals surface area contributed by atoms with Gasteiger partial charge in [-0.3, -0.25) is 14.7 Å².